The average Bonchev–Trinajstić information content (AvgIpc) is 3.41. The minimum atomic E-state index is 0. The first-order chi connectivity index (χ1) is 18.7. The van der Waals surface area contributed by atoms with Gasteiger partial charge in [0.2, 0.25) is 0 Å². The number of ether oxygens (including phenoxy) is 1. The largest absolute Gasteiger partial charge is 0.509 e. The number of hydrogen-bond donors (Lipinski definition) is 0. The Hall–Kier alpha value is -4.41. The maximum Gasteiger partial charge on any atom is 0.135 e. The zero-order chi connectivity index (χ0) is 25.7. The quantitative estimate of drug-likeness (QED) is 0.167. The van der Waals surface area contributed by atoms with E-state index >= 15 is 0 Å². The fraction of sp³-hybridized carbons (Fsp3) is 0.0312. The number of hydrogen-bond acceptors (Lipinski definition) is 6. The van der Waals surface area contributed by atoms with Gasteiger partial charge >= 0.3 is 0 Å². The fourth-order valence-corrected chi connectivity index (χ4v) is 4.26. The van der Waals surface area contributed by atoms with Crippen LogP contribution in [0.2, 0.25) is 0 Å². The van der Waals surface area contributed by atoms with Crippen LogP contribution in [0, 0.1) is 18.8 Å². The predicted octanol–water partition coefficient (Wildman–Crippen LogP) is 7.42. The Bertz CT molecular complexity index is 1560. The van der Waals surface area contributed by atoms with Gasteiger partial charge in [0.1, 0.15) is 5.82 Å². The Morgan fingerprint density at radius 3 is 2.28 bits per heavy atom. The first-order valence-electron chi connectivity index (χ1n) is 12.2. The third kappa shape index (κ3) is 5.87. The molecule has 0 saturated carbocycles. The van der Waals surface area contributed by atoms with Crippen molar-refractivity contribution in [3.8, 4) is 22.6 Å². The summed E-state index contributed by atoms with van der Waals surface area (Å²) in [4.78, 5) is 8.64. The number of aromatic nitrogens is 1. The smallest absolute Gasteiger partial charge is 0.135 e. The second-order valence-electron chi connectivity index (χ2n) is 8.67. The molecule has 6 nitrogen and oxygen atoms in total. The van der Waals surface area contributed by atoms with E-state index in [1.54, 1.807) is 17.5 Å². The molecular weight excluding hydrogens is 665 g/mol. The minimum Gasteiger partial charge on any atom is -0.509 e. The summed E-state index contributed by atoms with van der Waals surface area (Å²) >= 11 is 0. The molecule has 0 fully saturated rings. The van der Waals surface area contributed by atoms with Crippen molar-refractivity contribution in [2.24, 2.45) is 5.10 Å². The van der Waals surface area contributed by atoms with Crippen LogP contribution >= 0.6 is 0 Å². The van der Waals surface area contributed by atoms with Gasteiger partial charge in [0.05, 0.1) is 12.0 Å². The molecule has 1 aliphatic rings. The summed E-state index contributed by atoms with van der Waals surface area (Å²) in [6.45, 7) is 1.87. The first-order valence-corrected chi connectivity index (χ1v) is 12.2. The Labute approximate surface area is 243 Å². The molecule has 5 aromatic rings. The van der Waals surface area contributed by atoms with Gasteiger partial charge in [-0.3, -0.25) is 0 Å². The molecule has 0 spiro atoms. The number of para-hydroxylation sites is 1. The zero-order valence-electron chi connectivity index (χ0n) is 21.1. The second kappa shape index (κ2) is 12.0. The van der Waals surface area contributed by atoms with Gasteiger partial charge in [-0.2, -0.15) is 17.2 Å². The SMILES string of the molecule is CN1C=NN(c2[c-]c(Oc3[c-]c(N(c4ccccn4)c4ccccc4-c4ccccc4)ccc3)ccc2)[CH-]1.[Pt]. The van der Waals surface area contributed by atoms with Gasteiger partial charge in [-0.15, -0.1) is 43.1 Å². The van der Waals surface area contributed by atoms with E-state index in [9.17, 15) is 0 Å². The molecule has 6 rings (SSSR count). The third-order valence-corrected chi connectivity index (χ3v) is 5.97. The number of pyridine rings is 1. The van der Waals surface area contributed by atoms with E-state index < -0.39 is 0 Å². The van der Waals surface area contributed by atoms with Crippen LogP contribution in [0.3, 0.4) is 0 Å². The van der Waals surface area contributed by atoms with Crippen molar-refractivity contribution in [3.05, 3.63) is 134 Å². The van der Waals surface area contributed by atoms with E-state index in [0.717, 1.165) is 34.0 Å². The van der Waals surface area contributed by atoms with Crippen LogP contribution in [0.25, 0.3) is 11.1 Å². The van der Waals surface area contributed by atoms with Crippen LogP contribution < -0.4 is 14.6 Å². The molecule has 39 heavy (non-hydrogen) atoms. The molecule has 2 heterocycles. The Morgan fingerprint density at radius 1 is 0.769 bits per heavy atom. The van der Waals surface area contributed by atoms with Gasteiger partial charge in [0.25, 0.3) is 0 Å². The van der Waals surface area contributed by atoms with Crippen molar-refractivity contribution < 1.29 is 25.8 Å². The molecule has 7 heteroatoms. The summed E-state index contributed by atoms with van der Waals surface area (Å²) in [5.74, 6) is 1.92. The van der Waals surface area contributed by atoms with Crippen molar-refractivity contribution in [1.82, 2.24) is 9.88 Å². The van der Waals surface area contributed by atoms with Gasteiger partial charge in [-0.25, -0.2) is 4.98 Å². The van der Waals surface area contributed by atoms with Crippen molar-refractivity contribution in [2.45, 2.75) is 0 Å². The van der Waals surface area contributed by atoms with Crippen molar-refractivity contribution in [1.29, 1.82) is 0 Å². The molecule has 1 aromatic heterocycles. The predicted molar refractivity (Wildman–Crippen MR) is 152 cm³/mol. The number of rotatable bonds is 7. The van der Waals surface area contributed by atoms with Gasteiger partial charge < -0.3 is 19.5 Å². The summed E-state index contributed by atoms with van der Waals surface area (Å²) in [7, 11) is 1.92. The molecule has 0 atom stereocenters. The first kappa shape index (κ1) is 26.2. The topological polar surface area (TPSA) is 44.2 Å². The molecule has 1 aliphatic heterocycles. The molecule has 0 aliphatic carbocycles. The van der Waals surface area contributed by atoms with E-state index in [-0.39, 0.29) is 21.1 Å². The summed E-state index contributed by atoms with van der Waals surface area (Å²) < 4.78 is 6.22. The van der Waals surface area contributed by atoms with Gasteiger partial charge in [-0.1, -0.05) is 66.0 Å². The van der Waals surface area contributed by atoms with Crippen molar-refractivity contribution in [2.75, 3.05) is 17.0 Å². The van der Waals surface area contributed by atoms with Gasteiger partial charge in [0.15, 0.2) is 0 Å². The van der Waals surface area contributed by atoms with Crippen LogP contribution in [0.4, 0.5) is 22.9 Å². The van der Waals surface area contributed by atoms with E-state index in [1.165, 1.54) is 0 Å². The summed E-state index contributed by atoms with van der Waals surface area (Å²) in [6, 6.07) is 42.8. The number of anilines is 4. The molecule has 4 aromatic carbocycles. The molecule has 0 saturated heterocycles. The molecule has 0 unspecified atom stereocenters. The van der Waals surface area contributed by atoms with Crippen molar-refractivity contribution in [3.63, 3.8) is 0 Å². The van der Waals surface area contributed by atoms with Crippen LogP contribution in [0.5, 0.6) is 11.5 Å². The average molecular weight is 690 g/mol. The second-order valence-corrected chi connectivity index (χ2v) is 8.67. The Kier molecular flexibility index (Phi) is 8.04. The zero-order valence-corrected chi connectivity index (χ0v) is 23.4. The molecule has 196 valence electrons. The Morgan fingerprint density at radius 2 is 1.51 bits per heavy atom. The van der Waals surface area contributed by atoms with Gasteiger partial charge in [-0.05, 0) is 30.8 Å². The van der Waals surface area contributed by atoms with E-state index in [2.05, 4.69) is 51.4 Å². The monoisotopic (exact) mass is 689 g/mol. The Balaban J connectivity index is 0.00000308. The number of nitrogens with zero attached hydrogens (tertiary/aromatic N) is 5. The normalized spacial score (nSPS) is 12.2. The molecule has 0 radical (unpaired) electrons. The summed E-state index contributed by atoms with van der Waals surface area (Å²) in [5, 5.41) is 6.09. The van der Waals surface area contributed by atoms with Crippen LogP contribution in [0.1, 0.15) is 0 Å². The van der Waals surface area contributed by atoms with Crippen LogP contribution in [-0.2, 0) is 21.1 Å². The van der Waals surface area contributed by atoms with Crippen LogP contribution in [0.15, 0.2) is 120 Å². The van der Waals surface area contributed by atoms with Crippen LogP contribution in [-0.4, -0.2) is 23.3 Å². The summed E-state index contributed by atoms with van der Waals surface area (Å²) in [5.41, 5.74) is 4.79. The van der Waals surface area contributed by atoms with Crippen molar-refractivity contribution >= 4 is 29.2 Å². The van der Waals surface area contributed by atoms with E-state index in [0.29, 0.717) is 11.5 Å². The molecule has 0 bridgehead atoms. The maximum absolute atomic E-state index is 6.22. The molecule has 0 amide bonds. The maximum atomic E-state index is 6.22. The standard InChI is InChI=1S/C32H24N5O.Pt/c1-35-23-34-36(24-35)26-13-9-15-28(21-26)38-29-16-10-14-27(22-29)37(32-19-7-8-20-33-32)31-18-6-5-17-30(31)25-11-3-2-4-12-25;/h2-20,23-24H,1H3;/q-3;. The number of benzene rings is 4. The molecular formula is C32H24N5OPt-3. The van der Waals surface area contributed by atoms with E-state index in [1.807, 2.05) is 104 Å². The third-order valence-electron chi connectivity index (χ3n) is 5.97. The van der Waals surface area contributed by atoms with Gasteiger partial charge in [0, 0.05) is 44.3 Å². The summed E-state index contributed by atoms with van der Waals surface area (Å²) in [6.07, 6.45) is 3.53. The molecule has 0 N–H and O–H groups in total. The minimum absolute atomic E-state index is 0. The number of hydrazone groups is 1. The fourth-order valence-electron chi connectivity index (χ4n) is 4.26. The van der Waals surface area contributed by atoms with E-state index in [4.69, 9.17) is 4.74 Å².